The van der Waals surface area contributed by atoms with E-state index in [0.717, 1.165) is 34.9 Å². The van der Waals surface area contributed by atoms with Crippen LogP contribution >= 0.6 is 0 Å². The van der Waals surface area contributed by atoms with Gasteiger partial charge in [0.2, 0.25) is 0 Å². The summed E-state index contributed by atoms with van der Waals surface area (Å²) in [5.74, 6) is -1.14. The van der Waals surface area contributed by atoms with Crippen LogP contribution in [0.5, 0.6) is 0 Å². The van der Waals surface area contributed by atoms with Crippen molar-refractivity contribution < 1.29 is 19.4 Å². The molecule has 1 aromatic heterocycles. The molecule has 2 unspecified atom stereocenters. The van der Waals surface area contributed by atoms with Crippen LogP contribution in [0.2, 0.25) is 0 Å². The van der Waals surface area contributed by atoms with Gasteiger partial charge in [0.1, 0.15) is 0 Å². The number of nitrogens with one attached hydrogen (secondary N) is 1. The molecule has 3 heterocycles. The number of ether oxygens (including phenoxy) is 1. The molecule has 1 fully saturated rings. The minimum absolute atomic E-state index is 0.0850. The topological polar surface area (TPSA) is 82.6 Å². The average molecular weight is 431 g/mol. The number of carbonyl (C=O) groups is 2. The van der Waals surface area contributed by atoms with Crippen LogP contribution in [0.3, 0.4) is 0 Å². The van der Waals surface area contributed by atoms with Crippen molar-refractivity contribution in [1.82, 2.24) is 9.88 Å². The normalized spacial score (nSPS) is 21.1. The van der Waals surface area contributed by atoms with E-state index in [4.69, 9.17) is 4.74 Å². The van der Waals surface area contributed by atoms with Crippen LogP contribution in [-0.4, -0.2) is 45.9 Å². The molecule has 5 rings (SSSR count). The zero-order valence-corrected chi connectivity index (χ0v) is 17.8. The van der Waals surface area contributed by atoms with Gasteiger partial charge in [0.05, 0.1) is 17.7 Å². The molecule has 32 heavy (non-hydrogen) atoms. The molecule has 1 amide bonds. The van der Waals surface area contributed by atoms with Gasteiger partial charge in [-0.2, -0.15) is 0 Å². The van der Waals surface area contributed by atoms with Gasteiger partial charge in [0.15, 0.2) is 11.5 Å². The van der Waals surface area contributed by atoms with Crippen LogP contribution in [0, 0.1) is 0 Å². The summed E-state index contributed by atoms with van der Waals surface area (Å²) in [6.07, 6.45) is 4.35. The maximum atomic E-state index is 13.4. The lowest BCUT2D eigenvalue weighted by Gasteiger charge is -2.28. The van der Waals surface area contributed by atoms with Crippen molar-refractivity contribution in [3.63, 3.8) is 0 Å². The molecule has 0 radical (unpaired) electrons. The van der Waals surface area contributed by atoms with E-state index in [-0.39, 0.29) is 23.9 Å². The van der Waals surface area contributed by atoms with Gasteiger partial charge in [-0.05, 0) is 30.9 Å². The number of fused-ring (bicyclic) bond motifs is 1. The van der Waals surface area contributed by atoms with Crippen LogP contribution < -0.4 is 0 Å². The molecule has 3 aromatic rings. The molecule has 2 aromatic carbocycles. The van der Waals surface area contributed by atoms with Gasteiger partial charge in [-0.3, -0.25) is 9.59 Å². The first-order chi connectivity index (χ1) is 15.6. The Labute approximate surface area is 186 Å². The van der Waals surface area contributed by atoms with Crippen LogP contribution in [0.25, 0.3) is 10.9 Å². The third kappa shape index (κ3) is 3.71. The highest BCUT2D eigenvalue weighted by atomic mass is 16.5. The van der Waals surface area contributed by atoms with Gasteiger partial charge in [-0.15, -0.1) is 0 Å². The number of aliphatic hydroxyl groups is 1. The van der Waals surface area contributed by atoms with E-state index in [1.54, 1.807) is 4.90 Å². The fourth-order valence-electron chi connectivity index (χ4n) is 4.82. The summed E-state index contributed by atoms with van der Waals surface area (Å²) in [4.78, 5) is 31.3. The molecule has 2 aliphatic rings. The Bertz CT molecular complexity index is 1170. The predicted molar refractivity (Wildman–Crippen MR) is 121 cm³/mol. The standard InChI is InChI=1S/C26H26N2O4/c29-22(13-12-17-7-2-1-3-8-17)23-24(20-15-27-21-11-5-4-10-19(20)21)28(26(31)25(23)30)16-18-9-6-14-32-18/h1-5,7-8,10-11,15,18,24,27,30H,6,9,12-14,16H2. The third-order valence-corrected chi connectivity index (χ3v) is 6.43. The molecule has 2 atom stereocenters. The number of aromatic nitrogens is 1. The lowest BCUT2D eigenvalue weighted by atomic mass is 9.93. The zero-order valence-electron chi connectivity index (χ0n) is 17.8. The molecule has 1 saturated heterocycles. The summed E-state index contributed by atoms with van der Waals surface area (Å²) < 4.78 is 5.77. The van der Waals surface area contributed by atoms with E-state index in [0.29, 0.717) is 19.6 Å². The first kappa shape index (κ1) is 20.5. The first-order valence-electron chi connectivity index (χ1n) is 11.1. The second kappa shape index (κ2) is 8.63. The fourth-order valence-corrected chi connectivity index (χ4v) is 4.82. The molecule has 0 bridgehead atoms. The van der Waals surface area contributed by atoms with Gasteiger partial charge >= 0.3 is 0 Å². The number of amides is 1. The van der Waals surface area contributed by atoms with Gasteiger partial charge in [-0.25, -0.2) is 0 Å². The van der Waals surface area contributed by atoms with Crippen LogP contribution in [0.1, 0.15) is 36.4 Å². The van der Waals surface area contributed by atoms with Crippen LogP contribution in [-0.2, 0) is 20.7 Å². The maximum absolute atomic E-state index is 13.4. The average Bonchev–Trinajstić information content (AvgIpc) is 3.54. The van der Waals surface area contributed by atoms with Crippen molar-refractivity contribution in [2.75, 3.05) is 13.2 Å². The minimum atomic E-state index is -0.633. The number of rotatable bonds is 7. The molecule has 0 aliphatic carbocycles. The largest absolute Gasteiger partial charge is 0.503 e. The monoisotopic (exact) mass is 430 g/mol. The Morgan fingerprint density at radius 3 is 2.69 bits per heavy atom. The fraction of sp³-hybridized carbons (Fsp3) is 0.308. The smallest absolute Gasteiger partial charge is 0.290 e. The lowest BCUT2D eigenvalue weighted by Crippen LogP contribution is -2.37. The highest BCUT2D eigenvalue weighted by Crippen LogP contribution is 2.41. The number of Topliss-reactive ketones (excluding diaryl/α,β-unsaturated/α-hetero) is 1. The summed E-state index contributed by atoms with van der Waals surface area (Å²) in [5, 5.41) is 11.8. The number of benzene rings is 2. The van der Waals surface area contributed by atoms with Crippen molar-refractivity contribution in [2.45, 2.75) is 37.8 Å². The molecular weight excluding hydrogens is 404 g/mol. The van der Waals surface area contributed by atoms with Gasteiger partial charge < -0.3 is 19.7 Å². The highest BCUT2D eigenvalue weighted by molar-refractivity contribution is 6.09. The molecule has 2 aliphatic heterocycles. The summed E-state index contributed by atoms with van der Waals surface area (Å²) in [7, 11) is 0. The van der Waals surface area contributed by atoms with Gasteiger partial charge in [0, 0.05) is 42.2 Å². The van der Waals surface area contributed by atoms with Crippen molar-refractivity contribution in [1.29, 1.82) is 0 Å². The van der Waals surface area contributed by atoms with E-state index in [1.165, 1.54) is 0 Å². The van der Waals surface area contributed by atoms with Crippen LogP contribution in [0.4, 0.5) is 0 Å². The van der Waals surface area contributed by atoms with Gasteiger partial charge in [-0.1, -0.05) is 48.5 Å². The van der Waals surface area contributed by atoms with Crippen molar-refractivity contribution in [3.05, 3.63) is 83.3 Å². The first-order valence-corrected chi connectivity index (χ1v) is 11.1. The van der Waals surface area contributed by atoms with Crippen molar-refractivity contribution in [2.24, 2.45) is 0 Å². The van der Waals surface area contributed by atoms with Gasteiger partial charge in [0.25, 0.3) is 5.91 Å². The number of H-pyrrole nitrogens is 1. The molecule has 0 saturated carbocycles. The van der Waals surface area contributed by atoms with E-state index in [2.05, 4.69) is 4.98 Å². The number of carbonyl (C=O) groups excluding carboxylic acids is 2. The van der Waals surface area contributed by atoms with Crippen molar-refractivity contribution >= 4 is 22.6 Å². The summed E-state index contributed by atoms with van der Waals surface area (Å²) in [5.41, 5.74) is 2.98. The van der Waals surface area contributed by atoms with E-state index in [1.807, 2.05) is 60.8 Å². The van der Waals surface area contributed by atoms with Crippen molar-refractivity contribution in [3.8, 4) is 0 Å². The number of para-hydroxylation sites is 1. The Hall–Kier alpha value is -3.38. The predicted octanol–water partition coefficient (Wildman–Crippen LogP) is 4.24. The molecule has 2 N–H and O–H groups in total. The Balaban J connectivity index is 1.50. The number of aliphatic hydroxyl groups excluding tert-OH is 1. The highest BCUT2D eigenvalue weighted by Gasteiger charge is 2.45. The number of ketones is 1. The third-order valence-electron chi connectivity index (χ3n) is 6.43. The molecular formula is C26H26N2O4. The van der Waals surface area contributed by atoms with E-state index >= 15 is 0 Å². The number of aromatic amines is 1. The lowest BCUT2D eigenvalue weighted by molar-refractivity contribution is -0.131. The SMILES string of the molecule is O=C(CCc1ccccc1)C1=C(O)C(=O)N(CC2CCCO2)C1c1c[nH]c2ccccc12. The number of hydrogen-bond donors (Lipinski definition) is 2. The van der Waals surface area contributed by atoms with E-state index < -0.39 is 17.7 Å². The number of nitrogens with zero attached hydrogens (tertiary/aromatic N) is 1. The minimum Gasteiger partial charge on any atom is -0.503 e. The summed E-state index contributed by atoms with van der Waals surface area (Å²) in [6.45, 7) is 1.02. The molecule has 6 heteroatoms. The Morgan fingerprint density at radius 1 is 1.12 bits per heavy atom. The second-order valence-corrected chi connectivity index (χ2v) is 8.46. The van der Waals surface area contributed by atoms with Crippen LogP contribution in [0.15, 0.2) is 72.1 Å². The Kier molecular flexibility index (Phi) is 5.53. The molecule has 6 nitrogen and oxygen atoms in total. The number of hydrogen-bond acceptors (Lipinski definition) is 4. The molecule has 164 valence electrons. The second-order valence-electron chi connectivity index (χ2n) is 8.46. The maximum Gasteiger partial charge on any atom is 0.290 e. The Morgan fingerprint density at radius 2 is 1.91 bits per heavy atom. The quantitative estimate of drug-likeness (QED) is 0.587. The molecule has 0 spiro atoms. The number of aryl methyl sites for hydroxylation is 1. The zero-order chi connectivity index (χ0) is 22.1. The summed E-state index contributed by atoms with van der Waals surface area (Å²) in [6, 6.07) is 16.9. The van der Waals surface area contributed by atoms with E-state index in [9.17, 15) is 14.7 Å². The summed E-state index contributed by atoms with van der Waals surface area (Å²) >= 11 is 0.